The average molecular weight is 383 g/mol. The number of thiophene rings is 1. The van der Waals surface area contributed by atoms with Crippen LogP contribution >= 0.6 is 23.6 Å². The molecule has 0 saturated carbocycles. The summed E-state index contributed by atoms with van der Waals surface area (Å²) in [4.78, 5) is 1.23. The normalized spacial score (nSPS) is 11.6. The maximum atomic E-state index is 5.56. The van der Waals surface area contributed by atoms with E-state index in [-0.39, 0.29) is 6.04 Å². The molecule has 0 aliphatic heterocycles. The summed E-state index contributed by atoms with van der Waals surface area (Å²) in [6, 6.07) is 20.6. The van der Waals surface area contributed by atoms with Crippen LogP contribution in [0.5, 0.6) is 5.75 Å². The highest BCUT2D eigenvalue weighted by Gasteiger charge is 2.16. The fourth-order valence-corrected chi connectivity index (χ4v) is 3.76. The van der Waals surface area contributed by atoms with Crippen molar-refractivity contribution in [2.24, 2.45) is 0 Å². The van der Waals surface area contributed by atoms with Crippen molar-refractivity contribution in [2.75, 3.05) is 12.4 Å². The van der Waals surface area contributed by atoms with Crippen LogP contribution in [0.4, 0.5) is 5.69 Å². The Morgan fingerprint density at radius 2 is 1.92 bits per heavy atom. The maximum absolute atomic E-state index is 5.56. The lowest BCUT2D eigenvalue weighted by molar-refractivity contribution is 0.415. The fraction of sp³-hybridized carbons (Fsp3) is 0.190. The number of ether oxygens (including phenoxy) is 1. The summed E-state index contributed by atoms with van der Waals surface area (Å²) in [7, 11) is 1.66. The predicted molar refractivity (Wildman–Crippen MR) is 114 cm³/mol. The van der Waals surface area contributed by atoms with Gasteiger partial charge in [0.25, 0.3) is 0 Å². The minimum atomic E-state index is 0.0199. The molecule has 0 amide bonds. The van der Waals surface area contributed by atoms with Gasteiger partial charge in [0.2, 0.25) is 0 Å². The van der Waals surface area contributed by atoms with Gasteiger partial charge in [0.15, 0.2) is 5.11 Å². The van der Waals surface area contributed by atoms with Crippen molar-refractivity contribution in [2.45, 2.75) is 19.4 Å². The van der Waals surface area contributed by atoms with Crippen molar-refractivity contribution >= 4 is 34.4 Å². The summed E-state index contributed by atoms with van der Waals surface area (Å²) in [5, 5.41) is 9.36. The first-order valence-corrected chi connectivity index (χ1v) is 9.82. The number of aryl methyl sites for hydroxylation is 1. The van der Waals surface area contributed by atoms with E-state index >= 15 is 0 Å². The van der Waals surface area contributed by atoms with Gasteiger partial charge >= 0.3 is 0 Å². The highest BCUT2D eigenvalue weighted by Crippen LogP contribution is 2.27. The molecule has 3 nitrogen and oxygen atoms in total. The van der Waals surface area contributed by atoms with Crippen molar-refractivity contribution in [3.63, 3.8) is 0 Å². The molecule has 1 atom stereocenters. The molecule has 2 aromatic carbocycles. The Hall–Kier alpha value is -2.37. The first-order chi connectivity index (χ1) is 12.7. The topological polar surface area (TPSA) is 33.3 Å². The van der Waals surface area contributed by atoms with Gasteiger partial charge in [0, 0.05) is 16.6 Å². The number of methoxy groups -OCH3 is 1. The van der Waals surface area contributed by atoms with Crippen LogP contribution in [0.15, 0.2) is 66.0 Å². The zero-order valence-electron chi connectivity index (χ0n) is 14.9. The van der Waals surface area contributed by atoms with Gasteiger partial charge in [-0.25, -0.2) is 0 Å². The van der Waals surface area contributed by atoms with Gasteiger partial charge in [-0.15, -0.1) is 11.3 Å². The van der Waals surface area contributed by atoms with Gasteiger partial charge in [-0.3, -0.25) is 0 Å². The van der Waals surface area contributed by atoms with Crippen molar-refractivity contribution in [3.05, 3.63) is 82.0 Å². The minimum Gasteiger partial charge on any atom is -0.497 e. The molecule has 1 aromatic heterocycles. The Balaban J connectivity index is 1.77. The monoisotopic (exact) mass is 382 g/mol. The lowest BCUT2D eigenvalue weighted by Crippen LogP contribution is -2.32. The molecule has 0 spiro atoms. The molecule has 0 radical (unpaired) electrons. The number of rotatable bonds is 6. The molecule has 0 aliphatic rings. The summed E-state index contributed by atoms with van der Waals surface area (Å²) in [5.41, 5.74) is 3.42. The molecule has 0 aliphatic carbocycles. The zero-order chi connectivity index (χ0) is 18.4. The van der Waals surface area contributed by atoms with E-state index in [0.29, 0.717) is 5.11 Å². The first kappa shape index (κ1) is 18.4. The molecular formula is C21H22N2OS2. The van der Waals surface area contributed by atoms with Crippen LogP contribution in [0.3, 0.4) is 0 Å². The molecule has 2 N–H and O–H groups in total. The Kier molecular flexibility index (Phi) is 6.26. The van der Waals surface area contributed by atoms with Gasteiger partial charge < -0.3 is 15.4 Å². The molecule has 0 saturated heterocycles. The predicted octanol–water partition coefficient (Wildman–Crippen LogP) is 5.40. The van der Waals surface area contributed by atoms with E-state index in [1.54, 1.807) is 18.4 Å². The summed E-state index contributed by atoms with van der Waals surface area (Å²) >= 11 is 7.28. The Labute approximate surface area is 164 Å². The van der Waals surface area contributed by atoms with E-state index in [1.165, 1.54) is 16.0 Å². The lowest BCUT2D eigenvalue weighted by Gasteiger charge is -2.21. The van der Waals surface area contributed by atoms with Crippen molar-refractivity contribution in [1.29, 1.82) is 0 Å². The highest BCUT2D eigenvalue weighted by atomic mass is 32.1. The smallest absolute Gasteiger partial charge is 0.171 e. The second kappa shape index (κ2) is 8.83. The third-order valence-corrected chi connectivity index (χ3v) is 5.31. The SMILES string of the molecule is CCc1ccc([C@H](NC(=S)Nc2cccc(OC)c2)c2cccs2)cc1. The third-order valence-electron chi connectivity index (χ3n) is 4.15. The van der Waals surface area contributed by atoms with Gasteiger partial charge in [-0.1, -0.05) is 43.3 Å². The number of thiocarbonyl (C=S) groups is 1. The molecule has 1 heterocycles. The van der Waals surface area contributed by atoms with E-state index in [1.807, 2.05) is 24.3 Å². The van der Waals surface area contributed by atoms with E-state index in [4.69, 9.17) is 17.0 Å². The Bertz CT molecular complexity index is 845. The summed E-state index contributed by atoms with van der Waals surface area (Å²) in [6.07, 6.45) is 1.03. The first-order valence-electron chi connectivity index (χ1n) is 8.53. The van der Waals surface area contributed by atoms with Gasteiger partial charge in [-0.05, 0) is 53.3 Å². The summed E-state index contributed by atoms with van der Waals surface area (Å²) < 4.78 is 5.27. The van der Waals surface area contributed by atoms with Crippen molar-refractivity contribution in [3.8, 4) is 5.75 Å². The average Bonchev–Trinajstić information content (AvgIpc) is 3.21. The molecule has 5 heteroatoms. The largest absolute Gasteiger partial charge is 0.497 e. The number of nitrogens with one attached hydrogen (secondary N) is 2. The van der Waals surface area contributed by atoms with Crippen molar-refractivity contribution in [1.82, 2.24) is 5.32 Å². The molecule has 0 fully saturated rings. The van der Waals surface area contributed by atoms with Crippen LogP contribution in [0.1, 0.15) is 29.0 Å². The number of hydrogen-bond acceptors (Lipinski definition) is 3. The van der Waals surface area contributed by atoms with Crippen LogP contribution in [0.2, 0.25) is 0 Å². The van der Waals surface area contributed by atoms with Gasteiger partial charge in [-0.2, -0.15) is 0 Å². The summed E-state index contributed by atoms with van der Waals surface area (Å²) in [5.74, 6) is 0.794. The molecule has 3 aromatic rings. The fourth-order valence-electron chi connectivity index (χ4n) is 2.72. The standard InChI is InChI=1S/C21H22N2OS2/c1-3-15-9-11-16(12-10-15)20(19-8-5-13-26-19)23-21(25)22-17-6-4-7-18(14-17)24-2/h4-14,20H,3H2,1-2H3,(H2,22,23,25)/t20-/m0/s1. The molecule has 0 unspecified atom stereocenters. The van der Waals surface area contributed by atoms with E-state index in [2.05, 4.69) is 59.3 Å². The van der Waals surface area contributed by atoms with Crippen LogP contribution < -0.4 is 15.4 Å². The Morgan fingerprint density at radius 3 is 2.58 bits per heavy atom. The molecular weight excluding hydrogens is 360 g/mol. The van der Waals surface area contributed by atoms with E-state index in [0.717, 1.165) is 17.9 Å². The lowest BCUT2D eigenvalue weighted by atomic mass is 10.0. The van der Waals surface area contributed by atoms with Crippen molar-refractivity contribution < 1.29 is 4.74 Å². The molecule has 0 bridgehead atoms. The molecule has 26 heavy (non-hydrogen) atoms. The van der Waals surface area contributed by atoms with E-state index in [9.17, 15) is 0 Å². The second-order valence-corrected chi connectivity index (χ2v) is 7.26. The zero-order valence-corrected chi connectivity index (χ0v) is 16.5. The van der Waals surface area contributed by atoms with Gasteiger partial charge in [0.05, 0.1) is 13.2 Å². The summed E-state index contributed by atoms with van der Waals surface area (Å²) in [6.45, 7) is 2.16. The van der Waals surface area contributed by atoms with Crippen LogP contribution in [-0.4, -0.2) is 12.2 Å². The number of anilines is 1. The number of benzene rings is 2. The number of hydrogen-bond donors (Lipinski definition) is 2. The third kappa shape index (κ3) is 4.62. The maximum Gasteiger partial charge on any atom is 0.171 e. The van der Waals surface area contributed by atoms with E-state index < -0.39 is 0 Å². The quantitative estimate of drug-likeness (QED) is 0.560. The van der Waals surface area contributed by atoms with Crippen LogP contribution in [0, 0.1) is 0 Å². The van der Waals surface area contributed by atoms with Crippen LogP contribution in [0.25, 0.3) is 0 Å². The second-order valence-electron chi connectivity index (χ2n) is 5.87. The van der Waals surface area contributed by atoms with Gasteiger partial charge in [0.1, 0.15) is 5.75 Å². The minimum absolute atomic E-state index is 0.0199. The molecule has 134 valence electrons. The molecule has 3 rings (SSSR count). The Morgan fingerprint density at radius 1 is 1.12 bits per heavy atom. The van der Waals surface area contributed by atoms with Crippen LogP contribution in [-0.2, 0) is 6.42 Å². The highest BCUT2D eigenvalue weighted by molar-refractivity contribution is 7.80.